The Morgan fingerprint density at radius 2 is 1.58 bits per heavy atom. The predicted octanol–water partition coefficient (Wildman–Crippen LogP) is 2.89. The first kappa shape index (κ1) is 28.1. The van der Waals surface area contributed by atoms with Crippen LogP contribution in [0.4, 0.5) is 5.69 Å². The molecule has 0 bridgehead atoms. The Balaban J connectivity index is 0.000000615. The third kappa shape index (κ3) is 13.1. The summed E-state index contributed by atoms with van der Waals surface area (Å²) in [6.45, 7) is 9.25. The maximum Gasteiger partial charge on any atom is 0.336 e. The molecule has 1 unspecified atom stereocenters. The van der Waals surface area contributed by atoms with Crippen LogP contribution in [-0.4, -0.2) is 50.5 Å². The standard InChI is InChI=1S/C16H26N2.C6H8O7/c1-14(2)8-7-9-15(3)12-13-18(17)16-10-5-4-6-11-16;7-3(8)1-6(13,5(11)12)2-4(9)10/h4-6,10-11,15H,1,7-9,12-13,17H2,2-3H3;13H,1-2H2,(H,7,8)(H,9,10)(H,11,12). The molecule has 1 aromatic rings. The first-order valence-electron chi connectivity index (χ1n) is 9.98. The number of carboxylic acid groups (broad SMARTS) is 3. The molecule has 0 aliphatic heterocycles. The van der Waals surface area contributed by atoms with Crippen LogP contribution in [0.2, 0.25) is 0 Å². The SMILES string of the molecule is C=C(C)CCCC(C)CCN(N)c1ccccc1.O=C(O)CC(O)(CC(=O)O)C(=O)O. The first-order valence-corrected chi connectivity index (χ1v) is 9.98. The highest BCUT2D eigenvalue weighted by molar-refractivity contribution is 5.88. The number of aliphatic carboxylic acids is 3. The van der Waals surface area contributed by atoms with E-state index in [0.717, 1.165) is 31.0 Å². The molecule has 31 heavy (non-hydrogen) atoms. The number of hydrogen-bond acceptors (Lipinski definition) is 6. The van der Waals surface area contributed by atoms with Gasteiger partial charge in [-0.2, -0.15) is 0 Å². The van der Waals surface area contributed by atoms with E-state index in [1.54, 1.807) is 0 Å². The van der Waals surface area contributed by atoms with Crippen LogP contribution in [0.15, 0.2) is 42.5 Å². The third-order valence-electron chi connectivity index (χ3n) is 4.54. The van der Waals surface area contributed by atoms with Crippen molar-refractivity contribution in [2.45, 2.75) is 58.0 Å². The number of carbonyl (C=O) groups is 3. The van der Waals surface area contributed by atoms with Crippen molar-refractivity contribution in [1.82, 2.24) is 0 Å². The number of hydrogen-bond donors (Lipinski definition) is 5. The topological polar surface area (TPSA) is 161 Å². The minimum absolute atomic E-state index is 0.721. The zero-order chi connectivity index (χ0) is 24.0. The van der Waals surface area contributed by atoms with Crippen molar-refractivity contribution in [2.75, 3.05) is 11.6 Å². The molecular formula is C22H34N2O7. The van der Waals surface area contributed by atoms with Gasteiger partial charge in [0.05, 0.1) is 18.5 Å². The van der Waals surface area contributed by atoms with E-state index in [1.165, 1.54) is 18.4 Å². The Morgan fingerprint density at radius 1 is 1.06 bits per heavy atom. The van der Waals surface area contributed by atoms with Gasteiger partial charge >= 0.3 is 17.9 Å². The van der Waals surface area contributed by atoms with E-state index < -0.39 is 36.4 Å². The fourth-order valence-electron chi connectivity index (χ4n) is 2.72. The molecule has 6 N–H and O–H groups in total. The van der Waals surface area contributed by atoms with Gasteiger partial charge in [0.1, 0.15) is 0 Å². The molecule has 0 heterocycles. The fraction of sp³-hybridized carbons (Fsp3) is 0.500. The van der Waals surface area contributed by atoms with Gasteiger partial charge in [-0.1, -0.05) is 37.1 Å². The molecule has 174 valence electrons. The van der Waals surface area contributed by atoms with Crippen molar-refractivity contribution in [1.29, 1.82) is 0 Å². The van der Waals surface area contributed by atoms with E-state index in [9.17, 15) is 14.4 Å². The maximum absolute atomic E-state index is 10.3. The van der Waals surface area contributed by atoms with Gasteiger partial charge in [0.25, 0.3) is 0 Å². The lowest BCUT2D eigenvalue weighted by Crippen LogP contribution is -2.42. The number of rotatable bonds is 13. The van der Waals surface area contributed by atoms with Gasteiger partial charge in [-0.05, 0) is 44.2 Å². The smallest absolute Gasteiger partial charge is 0.336 e. The molecule has 0 aliphatic carbocycles. The molecular weight excluding hydrogens is 404 g/mol. The number of nitrogens with zero attached hydrogens (tertiary/aromatic N) is 1. The van der Waals surface area contributed by atoms with Crippen LogP contribution in [0.25, 0.3) is 0 Å². The lowest BCUT2D eigenvalue weighted by molar-refractivity contribution is -0.170. The summed E-state index contributed by atoms with van der Waals surface area (Å²) in [5.41, 5.74) is -0.365. The maximum atomic E-state index is 10.3. The second-order valence-corrected chi connectivity index (χ2v) is 7.75. The van der Waals surface area contributed by atoms with E-state index in [0.29, 0.717) is 0 Å². The number of anilines is 1. The molecule has 0 aromatic heterocycles. The number of benzene rings is 1. The van der Waals surface area contributed by atoms with Gasteiger partial charge in [-0.15, -0.1) is 6.58 Å². The zero-order valence-corrected chi connectivity index (χ0v) is 18.2. The van der Waals surface area contributed by atoms with E-state index in [2.05, 4.69) is 20.4 Å². The summed E-state index contributed by atoms with van der Waals surface area (Å²) in [7, 11) is 0. The molecule has 0 spiro atoms. The largest absolute Gasteiger partial charge is 0.481 e. The van der Waals surface area contributed by atoms with Gasteiger partial charge < -0.3 is 25.4 Å². The minimum Gasteiger partial charge on any atom is -0.481 e. The molecule has 0 fully saturated rings. The fourth-order valence-corrected chi connectivity index (χ4v) is 2.72. The Bertz CT molecular complexity index is 706. The number of nitrogens with two attached hydrogens (primary N) is 1. The normalized spacial score (nSPS) is 11.6. The molecule has 1 rings (SSSR count). The summed E-state index contributed by atoms with van der Waals surface area (Å²) >= 11 is 0. The third-order valence-corrected chi connectivity index (χ3v) is 4.54. The number of para-hydroxylation sites is 1. The molecule has 0 amide bonds. The molecule has 9 nitrogen and oxygen atoms in total. The van der Waals surface area contributed by atoms with Gasteiger partial charge in [0.15, 0.2) is 5.60 Å². The molecule has 1 aromatic carbocycles. The van der Waals surface area contributed by atoms with E-state index in [-0.39, 0.29) is 0 Å². The molecule has 0 aliphatic rings. The second-order valence-electron chi connectivity index (χ2n) is 7.75. The molecule has 0 radical (unpaired) electrons. The predicted molar refractivity (Wildman–Crippen MR) is 118 cm³/mol. The number of carboxylic acids is 3. The van der Waals surface area contributed by atoms with Crippen LogP contribution in [-0.2, 0) is 14.4 Å². The highest BCUT2D eigenvalue weighted by Gasteiger charge is 2.40. The van der Waals surface area contributed by atoms with Crippen LogP contribution in [0.5, 0.6) is 0 Å². The summed E-state index contributed by atoms with van der Waals surface area (Å²) in [6.07, 6.45) is 2.50. The van der Waals surface area contributed by atoms with E-state index >= 15 is 0 Å². The summed E-state index contributed by atoms with van der Waals surface area (Å²) in [5, 5.41) is 35.7. The highest BCUT2D eigenvalue weighted by Crippen LogP contribution is 2.17. The Hall–Kier alpha value is -2.91. The highest BCUT2D eigenvalue weighted by atomic mass is 16.4. The van der Waals surface area contributed by atoms with Crippen molar-refractivity contribution < 1.29 is 34.8 Å². The van der Waals surface area contributed by atoms with Crippen LogP contribution in [0.3, 0.4) is 0 Å². The van der Waals surface area contributed by atoms with Gasteiger partial charge in [-0.25, -0.2) is 10.6 Å². The van der Waals surface area contributed by atoms with E-state index in [1.807, 2.05) is 35.3 Å². The van der Waals surface area contributed by atoms with Gasteiger partial charge in [0, 0.05) is 6.54 Å². The van der Waals surface area contributed by atoms with Crippen LogP contribution < -0.4 is 10.9 Å². The minimum atomic E-state index is -2.74. The average molecular weight is 439 g/mol. The molecule has 9 heteroatoms. The summed E-state index contributed by atoms with van der Waals surface area (Å²) in [6, 6.07) is 10.1. The second kappa shape index (κ2) is 14.2. The first-order chi connectivity index (χ1) is 14.4. The Morgan fingerprint density at radius 3 is 2.00 bits per heavy atom. The molecule has 0 saturated carbocycles. The number of allylic oxidation sites excluding steroid dienone is 1. The lowest BCUT2D eigenvalue weighted by Gasteiger charge is -2.20. The number of aliphatic hydroxyl groups is 1. The Labute approximate surface area is 182 Å². The van der Waals surface area contributed by atoms with Crippen molar-refractivity contribution >= 4 is 23.6 Å². The molecule has 1 atom stereocenters. The van der Waals surface area contributed by atoms with Crippen LogP contribution in [0, 0.1) is 5.92 Å². The Kier molecular flexibility index (Phi) is 12.8. The van der Waals surface area contributed by atoms with Crippen molar-refractivity contribution in [3.05, 3.63) is 42.5 Å². The van der Waals surface area contributed by atoms with Gasteiger partial charge in [-0.3, -0.25) is 9.59 Å². The summed E-state index contributed by atoms with van der Waals surface area (Å²) < 4.78 is 0. The number of hydrazine groups is 1. The monoisotopic (exact) mass is 438 g/mol. The summed E-state index contributed by atoms with van der Waals surface area (Å²) in [4.78, 5) is 30.5. The van der Waals surface area contributed by atoms with Crippen molar-refractivity contribution in [3.8, 4) is 0 Å². The molecule has 0 saturated heterocycles. The van der Waals surface area contributed by atoms with Crippen LogP contribution >= 0.6 is 0 Å². The van der Waals surface area contributed by atoms with Gasteiger partial charge in [0.2, 0.25) is 0 Å². The quantitative estimate of drug-likeness (QED) is 0.177. The van der Waals surface area contributed by atoms with Crippen molar-refractivity contribution in [2.24, 2.45) is 11.8 Å². The summed E-state index contributed by atoms with van der Waals surface area (Å²) in [5.74, 6) is 1.74. The van der Waals surface area contributed by atoms with E-state index in [4.69, 9.17) is 26.3 Å². The average Bonchev–Trinajstić information content (AvgIpc) is 2.65. The zero-order valence-electron chi connectivity index (χ0n) is 18.2. The lowest BCUT2D eigenvalue weighted by atomic mass is 9.96. The van der Waals surface area contributed by atoms with Crippen molar-refractivity contribution in [3.63, 3.8) is 0 Å². The van der Waals surface area contributed by atoms with Crippen LogP contribution in [0.1, 0.15) is 52.4 Å².